The Kier molecular flexibility index (Phi) is 5.94. The van der Waals surface area contributed by atoms with Gasteiger partial charge < -0.3 is 4.74 Å². The van der Waals surface area contributed by atoms with Gasteiger partial charge in [0, 0.05) is 6.61 Å². The molecule has 1 fully saturated rings. The van der Waals surface area contributed by atoms with Crippen LogP contribution < -0.4 is 0 Å². The van der Waals surface area contributed by atoms with E-state index in [1.54, 1.807) is 0 Å². The first-order valence-electron chi connectivity index (χ1n) is 6.80. The highest BCUT2D eigenvalue weighted by Gasteiger charge is 2.46. The van der Waals surface area contributed by atoms with E-state index >= 15 is 0 Å². The fourth-order valence-electron chi connectivity index (χ4n) is 3.13. The third-order valence-electron chi connectivity index (χ3n) is 3.86. The quantitative estimate of drug-likeness (QED) is 0.647. The monoisotopic (exact) mass is 260 g/mol. The molecule has 0 aromatic rings. The van der Waals surface area contributed by atoms with Gasteiger partial charge in [-0.25, -0.2) is 0 Å². The van der Waals surface area contributed by atoms with Crippen molar-refractivity contribution in [2.75, 3.05) is 13.2 Å². The van der Waals surface area contributed by atoms with E-state index in [0.29, 0.717) is 25.0 Å². The number of hydrogen-bond acceptors (Lipinski definition) is 2. The second-order valence-electron chi connectivity index (χ2n) is 5.65. The predicted octanol–water partition coefficient (Wildman–Crippen LogP) is 4.01. The van der Waals surface area contributed by atoms with Crippen molar-refractivity contribution >= 4 is 16.8 Å². The Morgan fingerprint density at radius 2 is 2.00 bits per heavy atom. The second kappa shape index (κ2) is 6.75. The number of hydrogen-bond donors (Lipinski definition) is 0. The zero-order valence-corrected chi connectivity index (χ0v) is 12.1. The smallest absolute Gasteiger partial charge is 0.230 e. The Labute approximate surface area is 110 Å². The van der Waals surface area contributed by atoms with Gasteiger partial charge in [-0.3, -0.25) is 4.79 Å². The van der Waals surface area contributed by atoms with Crippen LogP contribution in [0.25, 0.3) is 0 Å². The van der Waals surface area contributed by atoms with E-state index in [4.69, 9.17) is 16.3 Å². The minimum absolute atomic E-state index is 0.188. The molecule has 0 bridgehead atoms. The van der Waals surface area contributed by atoms with Crippen molar-refractivity contribution in [2.45, 2.75) is 52.9 Å². The summed E-state index contributed by atoms with van der Waals surface area (Å²) in [5.41, 5.74) is -0.442. The zero-order valence-electron chi connectivity index (χ0n) is 11.3. The first-order chi connectivity index (χ1) is 8.03. The van der Waals surface area contributed by atoms with Crippen molar-refractivity contribution in [2.24, 2.45) is 17.3 Å². The lowest BCUT2D eigenvalue weighted by molar-refractivity contribution is -0.129. The molecule has 0 saturated heterocycles. The molecule has 0 heterocycles. The summed E-state index contributed by atoms with van der Waals surface area (Å²) < 4.78 is 5.57. The third-order valence-corrected chi connectivity index (χ3v) is 4.24. The van der Waals surface area contributed by atoms with Gasteiger partial charge in [0.25, 0.3) is 0 Å². The summed E-state index contributed by atoms with van der Waals surface area (Å²) in [6, 6.07) is 0. The summed E-state index contributed by atoms with van der Waals surface area (Å²) in [5.74, 6) is 0.889. The van der Waals surface area contributed by atoms with Crippen molar-refractivity contribution < 1.29 is 9.53 Å². The Morgan fingerprint density at radius 3 is 2.41 bits per heavy atom. The van der Waals surface area contributed by atoms with Crippen LogP contribution in [-0.2, 0) is 9.53 Å². The van der Waals surface area contributed by atoms with Crippen molar-refractivity contribution in [1.29, 1.82) is 0 Å². The first-order valence-corrected chi connectivity index (χ1v) is 7.18. The maximum absolute atomic E-state index is 12.0. The molecule has 17 heavy (non-hydrogen) atoms. The Morgan fingerprint density at radius 1 is 1.41 bits per heavy atom. The van der Waals surface area contributed by atoms with Gasteiger partial charge in [-0.15, -0.1) is 0 Å². The lowest BCUT2D eigenvalue weighted by atomic mass is 9.70. The SMILES string of the molecule is CCOCC(CC(C)C)(C(=O)Cl)C1CCCC1. The highest BCUT2D eigenvalue weighted by atomic mass is 35.5. The van der Waals surface area contributed by atoms with Gasteiger partial charge in [-0.1, -0.05) is 26.7 Å². The standard InChI is InChI=1S/C14H25ClO2/c1-4-17-10-14(13(15)16,9-11(2)3)12-7-5-6-8-12/h11-12H,4-10H2,1-3H3. The molecular formula is C14H25ClO2. The summed E-state index contributed by atoms with van der Waals surface area (Å²) in [4.78, 5) is 12.0. The van der Waals surface area contributed by atoms with Crippen molar-refractivity contribution in [3.8, 4) is 0 Å². The van der Waals surface area contributed by atoms with E-state index in [2.05, 4.69) is 13.8 Å². The molecule has 0 spiro atoms. The molecule has 0 aromatic carbocycles. The molecule has 0 N–H and O–H groups in total. The molecule has 1 rings (SSSR count). The highest BCUT2D eigenvalue weighted by Crippen LogP contribution is 2.45. The Balaban J connectivity index is 2.87. The molecule has 1 atom stereocenters. The van der Waals surface area contributed by atoms with Crippen LogP contribution in [0.15, 0.2) is 0 Å². The van der Waals surface area contributed by atoms with E-state index in [-0.39, 0.29) is 5.24 Å². The molecule has 1 unspecified atom stereocenters. The normalized spacial score (nSPS) is 20.8. The number of halogens is 1. The van der Waals surface area contributed by atoms with Crippen LogP contribution in [0.4, 0.5) is 0 Å². The lowest BCUT2D eigenvalue weighted by Gasteiger charge is -2.37. The maximum atomic E-state index is 12.0. The first kappa shape index (κ1) is 15.0. The lowest BCUT2D eigenvalue weighted by Crippen LogP contribution is -2.41. The van der Waals surface area contributed by atoms with Gasteiger partial charge in [0.2, 0.25) is 5.24 Å². The Bertz CT molecular complexity index is 247. The number of carbonyl (C=O) groups is 1. The van der Waals surface area contributed by atoms with Crippen LogP contribution in [0, 0.1) is 17.3 Å². The molecule has 1 aliphatic rings. The van der Waals surface area contributed by atoms with E-state index in [9.17, 15) is 4.79 Å². The average molecular weight is 261 g/mol. The van der Waals surface area contributed by atoms with E-state index < -0.39 is 5.41 Å². The van der Waals surface area contributed by atoms with Crippen molar-refractivity contribution in [3.63, 3.8) is 0 Å². The highest BCUT2D eigenvalue weighted by molar-refractivity contribution is 6.64. The topological polar surface area (TPSA) is 26.3 Å². The predicted molar refractivity (Wildman–Crippen MR) is 71.2 cm³/mol. The summed E-state index contributed by atoms with van der Waals surface area (Å²) in [5, 5.41) is -0.188. The molecule has 0 aromatic heterocycles. The van der Waals surface area contributed by atoms with E-state index in [1.807, 2.05) is 6.92 Å². The summed E-state index contributed by atoms with van der Waals surface area (Å²) in [6.45, 7) is 7.41. The summed E-state index contributed by atoms with van der Waals surface area (Å²) in [7, 11) is 0. The molecule has 0 amide bonds. The average Bonchev–Trinajstić information content (AvgIpc) is 2.76. The molecule has 1 aliphatic carbocycles. The van der Waals surface area contributed by atoms with E-state index in [1.165, 1.54) is 12.8 Å². The molecule has 0 radical (unpaired) electrons. The van der Waals surface area contributed by atoms with Gasteiger partial charge in [0.15, 0.2) is 0 Å². The van der Waals surface area contributed by atoms with Crippen LogP contribution in [0.3, 0.4) is 0 Å². The Hall–Kier alpha value is -0.0800. The molecule has 1 saturated carbocycles. The molecular weight excluding hydrogens is 236 g/mol. The van der Waals surface area contributed by atoms with Gasteiger partial charge in [-0.2, -0.15) is 0 Å². The van der Waals surface area contributed by atoms with Gasteiger partial charge >= 0.3 is 0 Å². The summed E-state index contributed by atoms with van der Waals surface area (Å²) >= 11 is 5.94. The van der Waals surface area contributed by atoms with E-state index in [0.717, 1.165) is 19.3 Å². The third kappa shape index (κ3) is 3.69. The number of ether oxygens (including phenoxy) is 1. The van der Waals surface area contributed by atoms with Crippen molar-refractivity contribution in [1.82, 2.24) is 0 Å². The summed E-state index contributed by atoms with van der Waals surface area (Å²) in [6.07, 6.45) is 5.54. The van der Waals surface area contributed by atoms with Crippen LogP contribution in [-0.4, -0.2) is 18.5 Å². The number of rotatable bonds is 7. The van der Waals surface area contributed by atoms with Crippen LogP contribution in [0.1, 0.15) is 52.9 Å². The minimum Gasteiger partial charge on any atom is -0.381 e. The molecule has 2 nitrogen and oxygen atoms in total. The maximum Gasteiger partial charge on any atom is 0.230 e. The van der Waals surface area contributed by atoms with Gasteiger partial charge in [-0.05, 0) is 49.6 Å². The minimum atomic E-state index is -0.442. The second-order valence-corrected chi connectivity index (χ2v) is 5.99. The fourth-order valence-corrected chi connectivity index (χ4v) is 3.42. The van der Waals surface area contributed by atoms with Crippen molar-refractivity contribution in [3.05, 3.63) is 0 Å². The molecule has 100 valence electrons. The van der Waals surface area contributed by atoms with Crippen LogP contribution in [0.5, 0.6) is 0 Å². The van der Waals surface area contributed by atoms with Crippen LogP contribution in [0.2, 0.25) is 0 Å². The zero-order chi connectivity index (χ0) is 12.9. The molecule has 0 aliphatic heterocycles. The van der Waals surface area contributed by atoms with Gasteiger partial charge in [0.1, 0.15) is 0 Å². The largest absolute Gasteiger partial charge is 0.381 e. The van der Waals surface area contributed by atoms with Gasteiger partial charge in [0.05, 0.1) is 12.0 Å². The number of carbonyl (C=O) groups excluding carboxylic acids is 1. The molecule has 3 heteroatoms. The van der Waals surface area contributed by atoms with Crippen LogP contribution >= 0.6 is 11.6 Å². The fraction of sp³-hybridized carbons (Fsp3) is 0.929.